The summed E-state index contributed by atoms with van der Waals surface area (Å²) in [6.45, 7) is 1.95. The van der Waals surface area contributed by atoms with E-state index in [1.54, 1.807) is 26.0 Å². The van der Waals surface area contributed by atoms with Gasteiger partial charge in [0.15, 0.2) is 0 Å². The third-order valence-corrected chi connectivity index (χ3v) is 2.66. The molecule has 1 aromatic rings. The number of nitrogens with zero attached hydrogens (tertiary/aromatic N) is 4. The molecule has 0 amide bonds. The second-order valence-electron chi connectivity index (χ2n) is 4.27. The predicted octanol–water partition coefficient (Wildman–Crippen LogP) is -0.0176. The van der Waals surface area contributed by atoms with Gasteiger partial charge in [0.25, 0.3) is 0 Å². The van der Waals surface area contributed by atoms with Gasteiger partial charge in [-0.2, -0.15) is 4.98 Å². The maximum absolute atomic E-state index is 12.2. The molecular formula is C12H18N4O2. The van der Waals surface area contributed by atoms with Gasteiger partial charge in [0.05, 0.1) is 0 Å². The molecule has 6 nitrogen and oxygen atoms in total. The van der Waals surface area contributed by atoms with Crippen LogP contribution in [0.2, 0.25) is 0 Å². The van der Waals surface area contributed by atoms with Gasteiger partial charge in [-0.1, -0.05) is 19.3 Å². The molecule has 1 rings (SSSR count). The second-order valence-corrected chi connectivity index (χ2v) is 4.27. The van der Waals surface area contributed by atoms with Crippen LogP contribution in [-0.2, 0) is 7.05 Å². The minimum Gasteiger partial charge on any atom is -0.348 e. The lowest BCUT2D eigenvalue weighted by Gasteiger charge is -2.18. The van der Waals surface area contributed by atoms with Gasteiger partial charge in [0.2, 0.25) is 5.95 Å². The Morgan fingerprint density at radius 1 is 1.44 bits per heavy atom. The Balaban J connectivity index is 3.50. The highest BCUT2D eigenvalue weighted by Crippen LogP contribution is 2.08. The number of hydrogen-bond acceptors (Lipinski definition) is 4. The Hall–Kier alpha value is -2.03. The number of terminal acetylenes is 1. The normalized spacial score (nSPS) is 11.9. The van der Waals surface area contributed by atoms with E-state index in [4.69, 9.17) is 6.42 Å². The van der Waals surface area contributed by atoms with E-state index in [-0.39, 0.29) is 0 Å². The van der Waals surface area contributed by atoms with E-state index >= 15 is 0 Å². The molecule has 0 aliphatic heterocycles. The van der Waals surface area contributed by atoms with Crippen molar-refractivity contribution in [1.29, 1.82) is 0 Å². The van der Waals surface area contributed by atoms with Crippen LogP contribution in [0.25, 0.3) is 0 Å². The van der Waals surface area contributed by atoms with Crippen molar-refractivity contribution >= 4 is 5.95 Å². The van der Waals surface area contributed by atoms with Crippen molar-refractivity contribution in [3.63, 3.8) is 0 Å². The third kappa shape index (κ3) is 2.45. The van der Waals surface area contributed by atoms with Gasteiger partial charge in [-0.3, -0.25) is 4.57 Å². The highest BCUT2D eigenvalue weighted by Gasteiger charge is 2.17. The van der Waals surface area contributed by atoms with Crippen LogP contribution in [0.5, 0.6) is 0 Å². The predicted molar refractivity (Wildman–Crippen MR) is 70.8 cm³/mol. The highest BCUT2D eigenvalue weighted by molar-refractivity contribution is 5.25. The van der Waals surface area contributed by atoms with Gasteiger partial charge in [-0.15, -0.1) is 6.42 Å². The van der Waals surface area contributed by atoms with E-state index < -0.39 is 17.4 Å². The summed E-state index contributed by atoms with van der Waals surface area (Å²) in [5.41, 5.74) is -1.03. The van der Waals surface area contributed by atoms with Crippen LogP contribution >= 0.6 is 0 Å². The molecule has 0 bridgehead atoms. The van der Waals surface area contributed by atoms with Crippen molar-refractivity contribution in [2.45, 2.75) is 25.8 Å². The van der Waals surface area contributed by atoms with Gasteiger partial charge in [-0.05, 0) is 6.42 Å². The maximum Gasteiger partial charge on any atom is 0.356 e. The lowest BCUT2D eigenvalue weighted by molar-refractivity contribution is 0.490. The van der Waals surface area contributed by atoms with Crippen LogP contribution < -0.4 is 16.3 Å². The number of hydrogen-bond donors (Lipinski definition) is 0. The molecule has 1 unspecified atom stereocenters. The Morgan fingerprint density at radius 3 is 2.50 bits per heavy atom. The molecule has 0 aromatic carbocycles. The SMILES string of the molecule is C#CC(CCC)n1c(=O)nc(N(C)C)n(C)c1=O. The maximum atomic E-state index is 12.2. The molecule has 0 saturated carbocycles. The number of aromatic nitrogens is 3. The standard InChI is InChI=1S/C12H18N4O2/c1-6-8-9(7-2)16-11(17)13-10(14(3)4)15(5)12(16)18/h2,9H,6,8H2,1,3-5H3. The van der Waals surface area contributed by atoms with Crippen molar-refractivity contribution in [1.82, 2.24) is 14.1 Å². The van der Waals surface area contributed by atoms with Crippen molar-refractivity contribution < 1.29 is 0 Å². The largest absolute Gasteiger partial charge is 0.356 e. The summed E-state index contributed by atoms with van der Waals surface area (Å²) in [4.78, 5) is 29.6. The minimum atomic E-state index is -0.599. The van der Waals surface area contributed by atoms with Gasteiger partial charge >= 0.3 is 11.4 Å². The molecule has 98 valence electrons. The van der Waals surface area contributed by atoms with Crippen LogP contribution in [0.4, 0.5) is 5.95 Å². The summed E-state index contributed by atoms with van der Waals surface area (Å²) < 4.78 is 2.36. The average Bonchev–Trinajstić information content (AvgIpc) is 2.32. The summed E-state index contributed by atoms with van der Waals surface area (Å²) in [7, 11) is 5.01. The Kier molecular flexibility index (Phi) is 4.32. The molecule has 0 aliphatic rings. The monoisotopic (exact) mass is 250 g/mol. The Labute approximate surface area is 106 Å². The smallest absolute Gasteiger partial charge is 0.348 e. The molecule has 6 heteroatoms. The van der Waals surface area contributed by atoms with Crippen molar-refractivity contribution in [2.75, 3.05) is 19.0 Å². The molecule has 0 spiro atoms. The lowest BCUT2D eigenvalue weighted by atomic mass is 10.2. The van der Waals surface area contributed by atoms with E-state index in [2.05, 4.69) is 10.9 Å². The van der Waals surface area contributed by atoms with Crippen LogP contribution in [0.3, 0.4) is 0 Å². The first-order valence-electron chi connectivity index (χ1n) is 5.77. The summed E-state index contributed by atoms with van der Waals surface area (Å²) in [5, 5.41) is 0. The molecule has 18 heavy (non-hydrogen) atoms. The van der Waals surface area contributed by atoms with Crippen molar-refractivity contribution in [3.05, 3.63) is 21.0 Å². The Bertz CT molecular complexity index is 577. The summed E-state index contributed by atoms with van der Waals surface area (Å²) in [5.74, 6) is 2.79. The van der Waals surface area contributed by atoms with Gasteiger partial charge in [0, 0.05) is 21.1 Å². The third-order valence-electron chi connectivity index (χ3n) is 2.66. The molecule has 1 heterocycles. The minimum absolute atomic E-state index is 0.313. The number of anilines is 1. The molecule has 1 atom stereocenters. The molecule has 0 fully saturated rings. The van der Waals surface area contributed by atoms with Crippen molar-refractivity contribution in [2.24, 2.45) is 7.05 Å². The summed E-state index contributed by atoms with van der Waals surface area (Å²) in [6.07, 6.45) is 6.75. The zero-order chi connectivity index (χ0) is 13.9. The van der Waals surface area contributed by atoms with E-state index in [0.717, 1.165) is 11.0 Å². The fraction of sp³-hybridized carbons (Fsp3) is 0.583. The number of rotatable bonds is 4. The topological polar surface area (TPSA) is 60.1 Å². The van der Waals surface area contributed by atoms with Crippen molar-refractivity contribution in [3.8, 4) is 12.3 Å². The molecule has 0 saturated heterocycles. The quantitative estimate of drug-likeness (QED) is 0.705. The van der Waals surface area contributed by atoms with Gasteiger partial charge in [0.1, 0.15) is 6.04 Å². The van der Waals surface area contributed by atoms with Gasteiger partial charge in [-0.25, -0.2) is 14.2 Å². The van der Waals surface area contributed by atoms with Crippen LogP contribution in [0.15, 0.2) is 9.59 Å². The second kappa shape index (κ2) is 5.54. The Morgan fingerprint density at radius 2 is 2.06 bits per heavy atom. The van der Waals surface area contributed by atoms with E-state index in [0.29, 0.717) is 12.4 Å². The summed E-state index contributed by atoms with van der Waals surface area (Å²) >= 11 is 0. The lowest BCUT2D eigenvalue weighted by Crippen LogP contribution is -2.44. The van der Waals surface area contributed by atoms with Crippen LogP contribution in [0, 0.1) is 12.3 Å². The average molecular weight is 250 g/mol. The first-order chi connectivity index (χ1) is 8.43. The first-order valence-corrected chi connectivity index (χ1v) is 5.77. The van der Waals surface area contributed by atoms with E-state index in [9.17, 15) is 9.59 Å². The summed E-state index contributed by atoms with van der Waals surface area (Å²) in [6, 6.07) is -0.537. The first kappa shape index (κ1) is 14.0. The van der Waals surface area contributed by atoms with Gasteiger partial charge < -0.3 is 4.90 Å². The van der Waals surface area contributed by atoms with Crippen LogP contribution in [-0.4, -0.2) is 28.2 Å². The molecular weight excluding hydrogens is 232 g/mol. The molecule has 0 aliphatic carbocycles. The fourth-order valence-corrected chi connectivity index (χ4v) is 1.77. The molecule has 0 N–H and O–H groups in total. The molecule has 0 radical (unpaired) electrons. The van der Waals surface area contributed by atoms with E-state index in [1.807, 2.05) is 6.92 Å². The zero-order valence-corrected chi connectivity index (χ0v) is 11.2. The molecule has 1 aromatic heterocycles. The van der Waals surface area contributed by atoms with Crippen LogP contribution in [0.1, 0.15) is 25.8 Å². The van der Waals surface area contributed by atoms with E-state index in [1.165, 1.54) is 4.57 Å². The fourth-order valence-electron chi connectivity index (χ4n) is 1.77. The zero-order valence-electron chi connectivity index (χ0n) is 11.2. The highest BCUT2D eigenvalue weighted by atomic mass is 16.2.